The number of allylic oxidation sites excluding steroid dienone is 5. The molecule has 0 radical (unpaired) electrons. The van der Waals surface area contributed by atoms with Crippen molar-refractivity contribution >= 4 is 45.7 Å². The number of hydrogen-bond donors (Lipinski definition) is 0. The van der Waals surface area contributed by atoms with Crippen LogP contribution in [0.25, 0.3) is 32.9 Å². The summed E-state index contributed by atoms with van der Waals surface area (Å²) in [4.78, 5) is 0. The smallest absolute Gasteiger partial charge is 0.223 e. The van der Waals surface area contributed by atoms with Crippen LogP contribution in [0.2, 0.25) is 0 Å². The molecular weight excluding hydrogens is 677 g/mol. The van der Waals surface area contributed by atoms with Gasteiger partial charge in [0.15, 0.2) is 87.0 Å². The summed E-state index contributed by atoms with van der Waals surface area (Å²) in [6.07, 6.45) is 0. The Balaban J connectivity index is 1.76. The van der Waals surface area contributed by atoms with Crippen LogP contribution in [0.1, 0.15) is 11.1 Å². The molecular formula is C27HBF18. The van der Waals surface area contributed by atoms with Gasteiger partial charge in [0.25, 0.3) is 0 Å². The molecule has 2 aliphatic rings. The number of alkyl halides is 1. The molecule has 0 saturated heterocycles. The molecule has 0 bridgehead atoms. The van der Waals surface area contributed by atoms with Crippen LogP contribution in [-0.2, 0) is 0 Å². The summed E-state index contributed by atoms with van der Waals surface area (Å²) >= 11 is 0. The van der Waals surface area contributed by atoms with E-state index < -0.39 is 161 Å². The molecule has 0 aliphatic heterocycles. The zero-order chi connectivity index (χ0) is 34.2. The summed E-state index contributed by atoms with van der Waals surface area (Å²) in [6, 6.07) is 0. The van der Waals surface area contributed by atoms with Crippen molar-refractivity contribution in [2.45, 2.75) is 5.57 Å². The Bertz CT molecular complexity index is 2270. The summed E-state index contributed by atoms with van der Waals surface area (Å²) in [5.41, 5.74) is -16.1. The molecule has 0 fully saturated rings. The maximum absolute atomic E-state index is 16.6. The Kier molecular flexibility index (Phi) is 6.63. The van der Waals surface area contributed by atoms with E-state index in [0.29, 0.717) is 0 Å². The lowest BCUT2D eigenvalue weighted by atomic mass is 9.50. The first-order valence-electron chi connectivity index (χ1n) is 11.9. The molecule has 0 N–H and O–H groups in total. The van der Waals surface area contributed by atoms with Gasteiger partial charge in [-0.15, -0.1) is 0 Å². The topological polar surface area (TPSA) is 0 Å². The Labute approximate surface area is 240 Å². The van der Waals surface area contributed by atoms with Crippen molar-refractivity contribution in [1.82, 2.24) is 0 Å². The fourth-order valence-corrected chi connectivity index (χ4v) is 5.54. The number of fused-ring (bicyclic) bond motifs is 5. The van der Waals surface area contributed by atoms with Crippen LogP contribution in [0.3, 0.4) is 0 Å². The number of hydrogen-bond acceptors (Lipinski definition) is 0. The fraction of sp³-hybridized carbons (Fsp3) is 0.0370. The maximum atomic E-state index is 16.6. The lowest BCUT2D eigenvalue weighted by molar-refractivity contribution is 0.299. The summed E-state index contributed by atoms with van der Waals surface area (Å²) in [7, 11) is -2.69. The fourth-order valence-electron chi connectivity index (χ4n) is 5.54. The Morgan fingerprint density at radius 2 is 0.739 bits per heavy atom. The Morgan fingerprint density at radius 3 is 1.24 bits per heavy atom. The van der Waals surface area contributed by atoms with Crippen LogP contribution in [-0.4, -0.2) is 12.8 Å². The van der Waals surface area contributed by atoms with E-state index >= 15 is 26.3 Å². The normalized spacial score (nSPS) is 18.0. The van der Waals surface area contributed by atoms with E-state index in [-0.39, 0.29) is 0 Å². The first-order chi connectivity index (χ1) is 21.3. The van der Waals surface area contributed by atoms with Crippen LogP contribution in [0.15, 0.2) is 23.1 Å². The van der Waals surface area contributed by atoms with Gasteiger partial charge in [0.2, 0.25) is 7.28 Å². The van der Waals surface area contributed by atoms with Gasteiger partial charge >= 0.3 is 0 Å². The molecule has 0 aromatic heterocycles. The van der Waals surface area contributed by atoms with Gasteiger partial charge in [-0.3, -0.25) is 0 Å². The van der Waals surface area contributed by atoms with E-state index in [2.05, 4.69) is 0 Å². The summed E-state index contributed by atoms with van der Waals surface area (Å²) in [5, 5.41) is -9.07. The first-order valence-corrected chi connectivity index (χ1v) is 11.9. The third kappa shape index (κ3) is 3.53. The highest BCUT2D eigenvalue weighted by molar-refractivity contribution is 6.62. The van der Waals surface area contributed by atoms with Crippen molar-refractivity contribution in [3.05, 3.63) is 110 Å². The molecule has 0 nitrogen and oxygen atoms in total. The standard InChI is InChI=1S/C27HBF18/c29-10-3-5(11(30)7-6(10)17(36)23(42)24(43)18(7)37)16(35)20(39)19(38)9(3)28-27(46)8-2(14(33)25(44)26(27)45)1-4(12(8)31)15(34)22(41)21(40)13(1)32/h28H. The summed E-state index contributed by atoms with van der Waals surface area (Å²) < 4.78 is 266. The van der Waals surface area contributed by atoms with Crippen molar-refractivity contribution in [2.75, 3.05) is 0 Å². The van der Waals surface area contributed by atoms with Crippen LogP contribution < -0.4 is 5.46 Å². The monoisotopic (exact) mass is 678 g/mol. The maximum Gasteiger partial charge on any atom is 0.223 e. The van der Waals surface area contributed by atoms with Crippen LogP contribution in [0, 0.1) is 75.6 Å². The Hall–Kier alpha value is -4.58. The van der Waals surface area contributed by atoms with E-state index in [1.165, 1.54) is 0 Å². The van der Waals surface area contributed by atoms with Crippen molar-refractivity contribution in [2.24, 2.45) is 0 Å². The van der Waals surface area contributed by atoms with Gasteiger partial charge in [0.05, 0.1) is 21.7 Å². The molecule has 1 unspecified atom stereocenters. The average molecular weight is 678 g/mol. The molecule has 2 aliphatic carbocycles. The summed E-state index contributed by atoms with van der Waals surface area (Å²) in [6.45, 7) is 0. The SMILES string of the molecule is FC1=C2C(=C(F)c3c(F)c(F)c(F)c(F)c32)C(F)(Bc2c(F)c(F)c(F)c3c(F)c4c(F)c(F)c(F)c(F)c4c(F)c23)C(F)=C1F. The Morgan fingerprint density at radius 1 is 0.348 bits per heavy atom. The molecule has 4 aromatic rings. The third-order valence-corrected chi connectivity index (χ3v) is 7.54. The number of halogens is 18. The zero-order valence-electron chi connectivity index (χ0n) is 21.0. The average Bonchev–Trinajstić information content (AvgIpc) is 3.34. The van der Waals surface area contributed by atoms with Crippen molar-refractivity contribution < 1.29 is 79.0 Å². The van der Waals surface area contributed by atoms with E-state index in [1.807, 2.05) is 0 Å². The predicted molar refractivity (Wildman–Crippen MR) is 123 cm³/mol. The number of rotatable bonds is 2. The molecule has 46 heavy (non-hydrogen) atoms. The van der Waals surface area contributed by atoms with Gasteiger partial charge in [0, 0.05) is 22.1 Å². The van der Waals surface area contributed by atoms with Gasteiger partial charge in [-0.1, -0.05) is 0 Å². The minimum absolute atomic E-state index is 2.08. The zero-order valence-corrected chi connectivity index (χ0v) is 21.0. The van der Waals surface area contributed by atoms with Crippen molar-refractivity contribution in [3.8, 4) is 0 Å². The highest BCUT2D eigenvalue weighted by Gasteiger charge is 2.56. The van der Waals surface area contributed by atoms with Crippen LogP contribution in [0.4, 0.5) is 79.0 Å². The second kappa shape index (κ2) is 9.71. The van der Waals surface area contributed by atoms with Crippen molar-refractivity contribution in [3.63, 3.8) is 0 Å². The minimum atomic E-state index is -4.97. The van der Waals surface area contributed by atoms with Crippen molar-refractivity contribution in [1.29, 1.82) is 0 Å². The highest BCUT2D eigenvalue weighted by atomic mass is 19.2. The second-order valence-electron chi connectivity index (χ2n) is 9.79. The highest BCUT2D eigenvalue weighted by Crippen LogP contribution is 2.58. The van der Waals surface area contributed by atoms with Gasteiger partial charge in [0.1, 0.15) is 17.5 Å². The van der Waals surface area contributed by atoms with Gasteiger partial charge in [-0.25, -0.2) is 79.0 Å². The number of benzene rings is 4. The molecule has 0 spiro atoms. The van der Waals surface area contributed by atoms with Crippen LogP contribution in [0.5, 0.6) is 0 Å². The van der Waals surface area contributed by atoms with E-state index in [9.17, 15) is 52.7 Å². The van der Waals surface area contributed by atoms with E-state index in [0.717, 1.165) is 0 Å². The quantitative estimate of drug-likeness (QED) is 0.0655. The van der Waals surface area contributed by atoms with Crippen LogP contribution >= 0.6 is 0 Å². The van der Waals surface area contributed by atoms with E-state index in [1.54, 1.807) is 0 Å². The molecule has 19 heteroatoms. The largest absolute Gasteiger partial charge is 0.240 e. The molecule has 1 atom stereocenters. The summed E-state index contributed by atoms with van der Waals surface area (Å²) in [5.74, 6) is -48.0. The van der Waals surface area contributed by atoms with E-state index in [4.69, 9.17) is 0 Å². The molecule has 0 amide bonds. The van der Waals surface area contributed by atoms with Gasteiger partial charge in [-0.05, 0) is 5.46 Å². The predicted octanol–water partition coefficient (Wildman–Crippen LogP) is 8.77. The first kappa shape index (κ1) is 31.4. The molecule has 0 saturated carbocycles. The van der Waals surface area contributed by atoms with Gasteiger partial charge < -0.3 is 0 Å². The molecule has 238 valence electrons. The molecule has 6 rings (SSSR count). The lowest BCUT2D eigenvalue weighted by Gasteiger charge is -2.30. The third-order valence-electron chi connectivity index (χ3n) is 7.54. The van der Waals surface area contributed by atoms with Gasteiger partial charge in [-0.2, -0.15) is 0 Å². The second-order valence-corrected chi connectivity index (χ2v) is 9.79. The lowest BCUT2D eigenvalue weighted by Crippen LogP contribution is -2.45. The molecule has 4 aromatic carbocycles. The minimum Gasteiger partial charge on any atom is -0.240 e. The molecule has 0 heterocycles.